The third kappa shape index (κ3) is 1.87. The quantitative estimate of drug-likeness (QED) is 0.786. The fraction of sp³-hybridized carbons (Fsp3) is 0.933. The summed E-state index contributed by atoms with van der Waals surface area (Å²) in [4.78, 5) is 11.9. The standard InChI is InChI=1S/C15H27NO2/c1-13(2)10-7-8-15(5,9-10)11(13)16-14(3,4)12(17)18-6/h10-11,16H,7-9H2,1-6H3. The van der Waals surface area contributed by atoms with Crippen molar-refractivity contribution in [3.8, 4) is 0 Å². The van der Waals surface area contributed by atoms with Crippen LogP contribution < -0.4 is 5.32 Å². The van der Waals surface area contributed by atoms with Gasteiger partial charge in [0.1, 0.15) is 5.54 Å². The molecule has 3 nitrogen and oxygen atoms in total. The highest BCUT2D eigenvalue weighted by atomic mass is 16.5. The summed E-state index contributed by atoms with van der Waals surface area (Å²) in [6.07, 6.45) is 3.89. The summed E-state index contributed by atoms with van der Waals surface area (Å²) in [5, 5.41) is 3.59. The molecule has 3 heteroatoms. The number of fused-ring (bicyclic) bond motifs is 2. The van der Waals surface area contributed by atoms with Crippen LogP contribution in [0.25, 0.3) is 0 Å². The number of carbonyl (C=O) groups is 1. The van der Waals surface area contributed by atoms with E-state index in [0.717, 1.165) is 5.92 Å². The van der Waals surface area contributed by atoms with Crippen LogP contribution in [0.2, 0.25) is 0 Å². The number of ether oxygens (including phenoxy) is 1. The third-order valence-corrected chi connectivity index (χ3v) is 5.47. The van der Waals surface area contributed by atoms with Crippen molar-refractivity contribution in [2.45, 2.75) is 65.5 Å². The Bertz CT molecular complexity index is 357. The Labute approximate surface area is 111 Å². The van der Waals surface area contributed by atoms with Gasteiger partial charge < -0.3 is 4.74 Å². The van der Waals surface area contributed by atoms with Crippen molar-refractivity contribution in [2.75, 3.05) is 7.11 Å². The molecule has 18 heavy (non-hydrogen) atoms. The Morgan fingerprint density at radius 1 is 1.33 bits per heavy atom. The zero-order chi connectivity index (χ0) is 13.8. The van der Waals surface area contributed by atoms with Crippen LogP contribution in [0.1, 0.15) is 53.9 Å². The van der Waals surface area contributed by atoms with E-state index in [1.165, 1.54) is 26.4 Å². The normalized spacial score (nSPS) is 37.9. The zero-order valence-corrected chi connectivity index (χ0v) is 12.6. The average molecular weight is 253 g/mol. The van der Waals surface area contributed by atoms with Gasteiger partial charge in [0.2, 0.25) is 0 Å². The van der Waals surface area contributed by atoms with Crippen molar-refractivity contribution >= 4 is 5.97 Å². The fourth-order valence-electron chi connectivity index (χ4n) is 4.34. The number of hydrogen-bond donors (Lipinski definition) is 1. The van der Waals surface area contributed by atoms with E-state index in [-0.39, 0.29) is 11.4 Å². The first-order chi connectivity index (χ1) is 8.13. The Balaban J connectivity index is 2.21. The number of hydrogen-bond acceptors (Lipinski definition) is 3. The Morgan fingerprint density at radius 3 is 2.39 bits per heavy atom. The summed E-state index contributed by atoms with van der Waals surface area (Å²) in [6, 6.07) is 0.387. The number of carbonyl (C=O) groups excluding carboxylic acids is 1. The molecular weight excluding hydrogens is 226 g/mol. The number of methoxy groups -OCH3 is 1. The van der Waals surface area contributed by atoms with Crippen molar-refractivity contribution in [1.29, 1.82) is 0 Å². The van der Waals surface area contributed by atoms with E-state index in [1.54, 1.807) is 0 Å². The van der Waals surface area contributed by atoms with Gasteiger partial charge >= 0.3 is 5.97 Å². The number of nitrogens with one attached hydrogen (secondary N) is 1. The number of esters is 1. The van der Waals surface area contributed by atoms with E-state index in [4.69, 9.17) is 4.74 Å². The van der Waals surface area contributed by atoms with E-state index in [1.807, 2.05) is 13.8 Å². The fourth-order valence-corrected chi connectivity index (χ4v) is 4.34. The minimum absolute atomic E-state index is 0.176. The van der Waals surface area contributed by atoms with Gasteiger partial charge in [0.05, 0.1) is 7.11 Å². The van der Waals surface area contributed by atoms with Crippen molar-refractivity contribution in [1.82, 2.24) is 5.32 Å². The molecule has 0 spiro atoms. The van der Waals surface area contributed by atoms with Gasteiger partial charge in [-0.1, -0.05) is 20.8 Å². The molecule has 1 N–H and O–H groups in total. The second-order valence-corrected chi connectivity index (χ2v) is 7.61. The third-order valence-electron chi connectivity index (χ3n) is 5.47. The van der Waals surface area contributed by atoms with Gasteiger partial charge in [-0.3, -0.25) is 10.1 Å². The molecule has 2 aliphatic rings. The van der Waals surface area contributed by atoms with Gasteiger partial charge in [0.15, 0.2) is 0 Å². The SMILES string of the molecule is COC(=O)C(C)(C)NC1C2(C)CCC(C2)C1(C)C. The first-order valence-corrected chi connectivity index (χ1v) is 6.99. The summed E-state index contributed by atoms with van der Waals surface area (Å²) in [5.74, 6) is 0.609. The maximum absolute atomic E-state index is 11.9. The topological polar surface area (TPSA) is 38.3 Å². The maximum Gasteiger partial charge on any atom is 0.325 e. The van der Waals surface area contributed by atoms with Crippen LogP contribution >= 0.6 is 0 Å². The van der Waals surface area contributed by atoms with E-state index < -0.39 is 5.54 Å². The summed E-state index contributed by atoms with van der Waals surface area (Å²) in [7, 11) is 1.46. The van der Waals surface area contributed by atoms with E-state index in [2.05, 4.69) is 26.1 Å². The van der Waals surface area contributed by atoms with Gasteiger partial charge in [-0.15, -0.1) is 0 Å². The molecule has 2 saturated carbocycles. The van der Waals surface area contributed by atoms with Crippen molar-refractivity contribution in [3.63, 3.8) is 0 Å². The molecular formula is C15H27NO2. The lowest BCUT2D eigenvalue weighted by Gasteiger charge is -2.46. The molecule has 2 aliphatic carbocycles. The molecule has 0 aromatic carbocycles. The minimum Gasteiger partial charge on any atom is -0.468 e. The van der Waals surface area contributed by atoms with Gasteiger partial charge in [0, 0.05) is 6.04 Å². The second-order valence-electron chi connectivity index (χ2n) is 7.61. The molecule has 0 saturated heterocycles. The second kappa shape index (κ2) is 3.96. The molecule has 3 atom stereocenters. The van der Waals surface area contributed by atoms with Crippen LogP contribution in [-0.4, -0.2) is 24.7 Å². The van der Waals surface area contributed by atoms with Gasteiger partial charge in [-0.25, -0.2) is 0 Å². The average Bonchev–Trinajstić information content (AvgIpc) is 2.74. The first-order valence-electron chi connectivity index (χ1n) is 6.99. The lowest BCUT2D eigenvalue weighted by atomic mass is 9.67. The molecule has 2 rings (SSSR count). The van der Waals surface area contributed by atoms with Crippen LogP contribution in [0.3, 0.4) is 0 Å². The van der Waals surface area contributed by atoms with Crippen LogP contribution in [-0.2, 0) is 9.53 Å². The zero-order valence-electron chi connectivity index (χ0n) is 12.6. The molecule has 0 heterocycles. The predicted octanol–water partition coefficient (Wildman–Crippen LogP) is 2.74. The highest BCUT2D eigenvalue weighted by Crippen LogP contribution is 2.62. The van der Waals surface area contributed by atoms with Crippen molar-refractivity contribution < 1.29 is 9.53 Å². The summed E-state index contributed by atoms with van der Waals surface area (Å²) in [6.45, 7) is 10.9. The summed E-state index contributed by atoms with van der Waals surface area (Å²) < 4.78 is 4.91. The molecule has 0 radical (unpaired) electrons. The molecule has 0 aliphatic heterocycles. The van der Waals surface area contributed by atoms with E-state index >= 15 is 0 Å². The largest absolute Gasteiger partial charge is 0.468 e. The predicted molar refractivity (Wildman–Crippen MR) is 72.2 cm³/mol. The van der Waals surface area contributed by atoms with Gasteiger partial charge in [-0.05, 0) is 49.9 Å². The minimum atomic E-state index is -0.607. The lowest BCUT2D eigenvalue weighted by molar-refractivity contribution is -0.148. The smallest absolute Gasteiger partial charge is 0.325 e. The summed E-state index contributed by atoms with van der Waals surface area (Å²) in [5.41, 5.74) is -0.0120. The molecule has 0 aromatic heterocycles. The van der Waals surface area contributed by atoms with Crippen LogP contribution in [0, 0.1) is 16.7 Å². The van der Waals surface area contributed by atoms with E-state index in [0.29, 0.717) is 11.5 Å². The van der Waals surface area contributed by atoms with Gasteiger partial charge in [0.25, 0.3) is 0 Å². The van der Waals surface area contributed by atoms with E-state index in [9.17, 15) is 4.79 Å². The Hall–Kier alpha value is -0.570. The molecule has 3 unspecified atom stereocenters. The highest BCUT2D eigenvalue weighted by Gasteiger charge is 2.60. The monoisotopic (exact) mass is 253 g/mol. The van der Waals surface area contributed by atoms with Crippen LogP contribution in [0.5, 0.6) is 0 Å². The first kappa shape index (κ1) is 13.9. The number of rotatable bonds is 3. The Kier molecular flexibility index (Phi) is 3.05. The van der Waals surface area contributed by atoms with Crippen LogP contribution in [0.4, 0.5) is 0 Å². The van der Waals surface area contributed by atoms with Crippen LogP contribution in [0.15, 0.2) is 0 Å². The van der Waals surface area contributed by atoms with Crippen molar-refractivity contribution in [3.05, 3.63) is 0 Å². The van der Waals surface area contributed by atoms with Gasteiger partial charge in [-0.2, -0.15) is 0 Å². The highest BCUT2D eigenvalue weighted by molar-refractivity contribution is 5.79. The Morgan fingerprint density at radius 2 is 1.94 bits per heavy atom. The molecule has 2 fully saturated rings. The molecule has 0 aromatic rings. The van der Waals surface area contributed by atoms with Crippen molar-refractivity contribution in [2.24, 2.45) is 16.7 Å². The summed E-state index contributed by atoms with van der Waals surface area (Å²) >= 11 is 0. The molecule has 0 amide bonds. The molecule has 104 valence electrons. The lowest BCUT2D eigenvalue weighted by Crippen LogP contribution is -2.60. The maximum atomic E-state index is 11.9. The molecule has 2 bridgehead atoms.